The van der Waals surface area contributed by atoms with Crippen LogP contribution in [0.1, 0.15) is 6.92 Å². The summed E-state index contributed by atoms with van der Waals surface area (Å²) in [6.45, 7) is 2.00. The lowest BCUT2D eigenvalue weighted by molar-refractivity contribution is 0.168. The second-order valence-electron chi connectivity index (χ2n) is 4.12. The molecule has 1 amide bonds. The van der Waals surface area contributed by atoms with Crippen molar-refractivity contribution < 1.29 is 14.3 Å². The topological polar surface area (TPSA) is 85.4 Å². The third kappa shape index (κ3) is 4.23. The van der Waals surface area contributed by atoms with Gasteiger partial charge in [-0.05, 0) is 37.3 Å². The summed E-state index contributed by atoms with van der Waals surface area (Å²) in [6, 6.07) is 8.45. The molecule has 0 aliphatic heterocycles. The summed E-state index contributed by atoms with van der Waals surface area (Å²) < 4.78 is 9.98. The number of aromatic nitrogens is 2. The first-order chi connectivity index (χ1) is 10.6. The average molecular weight is 323 g/mol. The number of amides is 1. The summed E-state index contributed by atoms with van der Waals surface area (Å²) in [7, 11) is 1.56. The van der Waals surface area contributed by atoms with Crippen LogP contribution in [0.15, 0.2) is 30.3 Å². The molecule has 0 unspecified atom stereocenters. The number of ether oxygens (including phenoxy) is 2. The van der Waals surface area contributed by atoms with Crippen molar-refractivity contribution >= 4 is 35.0 Å². The van der Waals surface area contributed by atoms with Crippen LogP contribution < -0.4 is 15.4 Å². The molecule has 0 aliphatic carbocycles. The van der Waals surface area contributed by atoms with E-state index >= 15 is 0 Å². The van der Waals surface area contributed by atoms with Gasteiger partial charge in [0.25, 0.3) is 0 Å². The molecule has 0 saturated heterocycles. The lowest BCUT2D eigenvalue weighted by Crippen LogP contribution is -2.14. The molecule has 0 bridgehead atoms. The number of nitrogens with zero attached hydrogens (tertiary/aromatic N) is 2. The van der Waals surface area contributed by atoms with Crippen molar-refractivity contribution in [2.24, 2.45) is 0 Å². The van der Waals surface area contributed by atoms with Gasteiger partial charge >= 0.3 is 6.09 Å². The lowest BCUT2D eigenvalue weighted by atomic mass is 10.3. The van der Waals surface area contributed by atoms with Gasteiger partial charge in [0.15, 0.2) is 11.6 Å². The van der Waals surface area contributed by atoms with E-state index in [2.05, 4.69) is 20.8 Å². The fraction of sp³-hybridized carbons (Fsp3) is 0.214. The van der Waals surface area contributed by atoms with E-state index in [1.807, 2.05) is 0 Å². The van der Waals surface area contributed by atoms with E-state index in [9.17, 15) is 4.79 Å². The second-order valence-corrected chi connectivity index (χ2v) is 4.56. The molecule has 22 heavy (non-hydrogen) atoms. The molecular weight excluding hydrogens is 308 g/mol. The number of methoxy groups -OCH3 is 1. The van der Waals surface area contributed by atoms with Gasteiger partial charge in [-0.3, -0.25) is 5.32 Å². The first-order valence-electron chi connectivity index (χ1n) is 6.50. The van der Waals surface area contributed by atoms with Gasteiger partial charge < -0.3 is 14.8 Å². The maximum atomic E-state index is 11.3. The third-order valence-electron chi connectivity index (χ3n) is 2.59. The van der Waals surface area contributed by atoms with Crippen molar-refractivity contribution in [3.05, 3.63) is 35.4 Å². The van der Waals surface area contributed by atoms with Crippen molar-refractivity contribution in [1.82, 2.24) is 10.2 Å². The Kier molecular flexibility index (Phi) is 5.37. The zero-order valence-electron chi connectivity index (χ0n) is 12.1. The van der Waals surface area contributed by atoms with Crippen molar-refractivity contribution in [3.63, 3.8) is 0 Å². The van der Waals surface area contributed by atoms with Gasteiger partial charge in [0.1, 0.15) is 5.75 Å². The second kappa shape index (κ2) is 7.46. The highest BCUT2D eigenvalue weighted by atomic mass is 35.5. The van der Waals surface area contributed by atoms with Crippen LogP contribution in [-0.2, 0) is 4.74 Å². The molecule has 0 atom stereocenters. The van der Waals surface area contributed by atoms with Gasteiger partial charge in [-0.2, -0.15) is 0 Å². The Morgan fingerprint density at radius 1 is 1.23 bits per heavy atom. The highest BCUT2D eigenvalue weighted by Crippen LogP contribution is 2.29. The number of carbonyl (C=O) groups is 1. The van der Waals surface area contributed by atoms with E-state index in [0.717, 1.165) is 0 Å². The van der Waals surface area contributed by atoms with Gasteiger partial charge in [-0.25, -0.2) is 4.79 Å². The molecule has 2 rings (SSSR count). The van der Waals surface area contributed by atoms with E-state index in [4.69, 9.17) is 21.1 Å². The molecule has 1 aromatic heterocycles. The minimum Gasteiger partial charge on any atom is -0.495 e. The molecule has 0 fully saturated rings. The zero-order chi connectivity index (χ0) is 15.9. The standard InChI is InChI=1S/C14H15ClN4O3/c1-3-22-14(20)17-13-7-6-12(18-19-13)16-10-8-9(15)4-5-11(10)21-2/h4-8H,3H2,1-2H3,(H,16,18)(H,17,19,20). The first kappa shape index (κ1) is 15.8. The van der Waals surface area contributed by atoms with Gasteiger partial charge in [0.05, 0.1) is 19.4 Å². The van der Waals surface area contributed by atoms with Crippen molar-refractivity contribution in [1.29, 1.82) is 0 Å². The van der Waals surface area contributed by atoms with Crippen LogP contribution in [0.5, 0.6) is 5.75 Å². The average Bonchev–Trinajstić information content (AvgIpc) is 2.50. The van der Waals surface area contributed by atoms with E-state index in [1.165, 1.54) is 0 Å². The number of anilines is 3. The van der Waals surface area contributed by atoms with Gasteiger partial charge in [0, 0.05) is 5.02 Å². The van der Waals surface area contributed by atoms with Crippen LogP contribution in [-0.4, -0.2) is 30.0 Å². The Bertz CT molecular complexity index is 649. The maximum Gasteiger partial charge on any atom is 0.412 e. The Labute approximate surface area is 132 Å². The Morgan fingerprint density at radius 2 is 1.95 bits per heavy atom. The summed E-state index contributed by atoms with van der Waals surface area (Å²) in [5.74, 6) is 1.40. The number of rotatable bonds is 5. The number of hydrogen-bond acceptors (Lipinski definition) is 6. The quantitative estimate of drug-likeness (QED) is 0.877. The van der Waals surface area contributed by atoms with Crippen molar-refractivity contribution in [3.8, 4) is 5.75 Å². The largest absolute Gasteiger partial charge is 0.495 e. The molecule has 0 spiro atoms. The van der Waals surface area contributed by atoms with Gasteiger partial charge in [-0.1, -0.05) is 11.6 Å². The molecule has 116 valence electrons. The molecule has 1 heterocycles. The molecular formula is C14H15ClN4O3. The van der Waals surface area contributed by atoms with Crippen LogP contribution in [0.4, 0.5) is 22.1 Å². The molecule has 0 radical (unpaired) electrons. The normalized spacial score (nSPS) is 9.95. The Balaban J connectivity index is 2.08. The number of benzene rings is 1. The monoisotopic (exact) mass is 322 g/mol. The summed E-state index contributed by atoms with van der Waals surface area (Å²) in [4.78, 5) is 11.3. The zero-order valence-corrected chi connectivity index (χ0v) is 12.8. The fourth-order valence-electron chi connectivity index (χ4n) is 1.65. The molecule has 2 N–H and O–H groups in total. The minimum atomic E-state index is -0.575. The van der Waals surface area contributed by atoms with E-state index < -0.39 is 6.09 Å². The number of hydrogen-bond donors (Lipinski definition) is 2. The number of carbonyl (C=O) groups excluding carboxylic acids is 1. The van der Waals surface area contributed by atoms with Crippen LogP contribution >= 0.6 is 11.6 Å². The minimum absolute atomic E-state index is 0.285. The van der Waals surface area contributed by atoms with Crippen LogP contribution in [0, 0.1) is 0 Å². The number of halogens is 1. The lowest BCUT2D eigenvalue weighted by Gasteiger charge is -2.11. The highest BCUT2D eigenvalue weighted by molar-refractivity contribution is 6.31. The molecule has 0 aliphatic rings. The predicted molar refractivity (Wildman–Crippen MR) is 84.0 cm³/mol. The molecule has 2 aromatic rings. The van der Waals surface area contributed by atoms with Crippen LogP contribution in [0.25, 0.3) is 0 Å². The molecule has 1 aromatic carbocycles. The van der Waals surface area contributed by atoms with Gasteiger partial charge in [-0.15, -0.1) is 10.2 Å². The molecule has 7 nitrogen and oxygen atoms in total. The summed E-state index contributed by atoms with van der Waals surface area (Å²) >= 11 is 5.96. The summed E-state index contributed by atoms with van der Waals surface area (Å²) in [5.41, 5.74) is 0.662. The first-order valence-corrected chi connectivity index (χ1v) is 6.88. The number of nitrogens with one attached hydrogen (secondary N) is 2. The van der Waals surface area contributed by atoms with E-state index in [0.29, 0.717) is 28.1 Å². The molecule has 0 saturated carbocycles. The summed E-state index contributed by atoms with van der Waals surface area (Å²) in [5, 5.41) is 13.9. The van der Waals surface area contributed by atoms with E-state index in [-0.39, 0.29) is 6.61 Å². The molecule has 8 heteroatoms. The third-order valence-corrected chi connectivity index (χ3v) is 2.83. The Hall–Kier alpha value is -2.54. The smallest absolute Gasteiger partial charge is 0.412 e. The van der Waals surface area contributed by atoms with Crippen molar-refractivity contribution in [2.75, 3.05) is 24.4 Å². The highest BCUT2D eigenvalue weighted by Gasteiger charge is 2.07. The van der Waals surface area contributed by atoms with Crippen LogP contribution in [0.2, 0.25) is 5.02 Å². The Morgan fingerprint density at radius 3 is 2.59 bits per heavy atom. The van der Waals surface area contributed by atoms with E-state index in [1.54, 1.807) is 44.4 Å². The maximum absolute atomic E-state index is 11.3. The van der Waals surface area contributed by atoms with Gasteiger partial charge in [0.2, 0.25) is 0 Å². The summed E-state index contributed by atoms with van der Waals surface area (Å²) in [6.07, 6.45) is -0.575. The predicted octanol–water partition coefficient (Wildman–Crippen LogP) is 3.45. The fourth-order valence-corrected chi connectivity index (χ4v) is 1.83. The van der Waals surface area contributed by atoms with Crippen molar-refractivity contribution in [2.45, 2.75) is 6.92 Å². The van der Waals surface area contributed by atoms with Crippen LogP contribution in [0.3, 0.4) is 0 Å². The SMILES string of the molecule is CCOC(=O)Nc1ccc(Nc2cc(Cl)ccc2OC)nn1.